The van der Waals surface area contributed by atoms with Gasteiger partial charge in [0.2, 0.25) is 0 Å². The molecule has 0 aliphatic carbocycles. The fourth-order valence-corrected chi connectivity index (χ4v) is 0.123. The molecule has 1 amide bonds. The highest BCUT2D eigenvalue weighted by atomic mass is 16.1. The van der Waals surface area contributed by atoms with E-state index in [1.54, 1.807) is 6.92 Å². The summed E-state index contributed by atoms with van der Waals surface area (Å²) in [5.74, 6) is 3.87. The number of hydrogen-bond donors (Lipinski definition) is 1. The van der Waals surface area contributed by atoms with E-state index < -0.39 is 5.91 Å². The maximum Gasteiger partial charge on any atom is 0.293 e. The summed E-state index contributed by atoms with van der Waals surface area (Å²) in [5.41, 5.74) is 4.59. The second-order valence-corrected chi connectivity index (χ2v) is 0.739. The average molecular weight is 85.1 g/mol. The lowest BCUT2D eigenvalue weighted by atomic mass is 10.6. The zero-order chi connectivity index (χ0) is 4.99. The van der Waals surface area contributed by atoms with E-state index in [1.165, 1.54) is 0 Å². The zero-order valence-corrected chi connectivity index (χ0v) is 3.49. The summed E-state index contributed by atoms with van der Waals surface area (Å²) in [6, 6.07) is 0. The van der Waals surface area contributed by atoms with Crippen LogP contribution in [-0.2, 0) is 4.79 Å². The van der Waals surface area contributed by atoms with Crippen molar-refractivity contribution in [3.05, 3.63) is 0 Å². The van der Waals surface area contributed by atoms with E-state index in [9.17, 15) is 4.79 Å². The molecule has 0 rings (SSSR count). The normalized spacial score (nSPS) is 5.50. The number of carbonyl (C=O) groups excluding carboxylic acids is 1. The molecule has 0 radical (unpaired) electrons. The summed E-state index contributed by atoms with van der Waals surface area (Å²) in [5, 5.41) is 0. The fraction of sp³-hybridized carbons (Fsp3) is 0.250. The smallest absolute Gasteiger partial charge is 0.293 e. The number of hydrogen-bond acceptors (Lipinski definition) is 1. The number of amides is 1. The summed E-state index contributed by atoms with van der Waals surface area (Å²) >= 11 is 0. The molecule has 0 aliphatic heterocycles. The summed E-state index contributed by atoms with van der Waals surface area (Å²) in [4.78, 5) is 9.65. The van der Waals surface area contributed by atoms with E-state index in [0.29, 0.717) is 0 Å². The predicted molar refractivity (Wildman–Crippen MR) is 24.8 cm³/mol. The third kappa shape index (κ3) is 3.03. The van der Waals surface area contributed by atoms with Crippen LogP contribution in [0, 0.1) is 11.8 Å². The van der Waals surface area contributed by atoms with E-state index in [-0.39, 0.29) is 1.43 Å². The van der Waals surface area contributed by atoms with Gasteiger partial charge in [0, 0.05) is 1.43 Å². The minimum atomic E-state index is -0.572. The van der Waals surface area contributed by atoms with Gasteiger partial charge >= 0.3 is 0 Å². The van der Waals surface area contributed by atoms with Crippen molar-refractivity contribution in [2.24, 2.45) is 5.73 Å². The molecule has 0 spiro atoms. The molecule has 2 nitrogen and oxygen atoms in total. The molecule has 0 aromatic carbocycles. The third-order valence-corrected chi connectivity index (χ3v) is 0.248. The summed E-state index contributed by atoms with van der Waals surface area (Å²) in [6.07, 6.45) is 0. The highest BCUT2D eigenvalue weighted by Crippen LogP contribution is 1.46. The van der Waals surface area contributed by atoms with Gasteiger partial charge in [-0.2, -0.15) is 0 Å². The Bertz CT molecular complexity index is 111. The van der Waals surface area contributed by atoms with Gasteiger partial charge in [0.05, 0.1) is 0 Å². The van der Waals surface area contributed by atoms with Crippen molar-refractivity contribution in [2.45, 2.75) is 6.92 Å². The Morgan fingerprint density at radius 1 is 2.00 bits per heavy atom. The number of rotatable bonds is 0. The van der Waals surface area contributed by atoms with E-state index in [4.69, 9.17) is 0 Å². The van der Waals surface area contributed by atoms with Gasteiger partial charge in [0.25, 0.3) is 5.91 Å². The van der Waals surface area contributed by atoms with Gasteiger partial charge in [0.1, 0.15) is 0 Å². The van der Waals surface area contributed by atoms with Gasteiger partial charge in [-0.3, -0.25) is 4.79 Å². The lowest BCUT2D eigenvalue weighted by Crippen LogP contribution is -2.05. The zero-order valence-electron chi connectivity index (χ0n) is 3.49. The molecule has 0 saturated heterocycles. The first-order valence-corrected chi connectivity index (χ1v) is 1.49. The Labute approximate surface area is 37.8 Å². The molecule has 0 fully saturated rings. The second-order valence-electron chi connectivity index (χ2n) is 0.739. The van der Waals surface area contributed by atoms with Crippen molar-refractivity contribution in [3.63, 3.8) is 0 Å². The molecule has 6 heavy (non-hydrogen) atoms. The molecule has 0 heterocycles. The molecule has 2 N–H and O–H groups in total. The highest BCUT2D eigenvalue weighted by molar-refractivity contribution is 5.91. The van der Waals surface area contributed by atoms with Crippen LogP contribution in [0.5, 0.6) is 0 Å². The molecule has 0 aliphatic rings. The first-order valence-electron chi connectivity index (χ1n) is 1.49. The van der Waals surface area contributed by atoms with Crippen molar-refractivity contribution in [2.75, 3.05) is 0 Å². The third-order valence-electron chi connectivity index (χ3n) is 0.248. The topological polar surface area (TPSA) is 43.1 Å². The quantitative estimate of drug-likeness (QED) is 0.405. The second kappa shape index (κ2) is 2.28. The Morgan fingerprint density at radius 3 is 2.50 bits per heavy atom. The van der Waals surface area contributed by atoms with Crippen LogP contribution in [-0.4, -0.2) is 5.91 Å². The molecule has 34 valence electrons. The van der Waals surface area contributed by atoms with Crippen molar-refractivity contribution in [1.29, 1.82) is 0 Å². The number of carbonyl (C=O) groups is 1. The van der Waals surface area contributed by atoms with Gasteiger partial charge in [-0.15, -0.1) is 0 Å². The lowest BCUT2D eigenvalue weighted by Gasteiger charge is -1.64. The first kappa shape index (κ1) is 5.03. The molecular formula is C4H7NO. The van der Waals surface area contributed by atoms with Gasteiger partial charge in [-0.25, -0.2) is 0 Å². The molecule has 0 aromatic heterocycles. The average Bonchev–Trinajstić information content (AvgIpc) is 1.35. The van der Waals surface area contributed by atoms with Crippen molar-refractivity contribution in [3.8, 4) is 11.8 Å². The molecule has 0 atom stereocenters. The summed E-state index contributed by atoms with van der Waals surface area (Å²) < 4.78 is 0. The Kier molecular flexibility index (Phi) is 1.91. The fourth-order valence-electron chi connectivity index (χ4n) is 0.123. The molecule has 0 saturated carbocycles. The summed E-state index contributed by atoms with van der Waals surface area (Å²) in [6.45, 7) is 1.56. The van der Waals surface area contributed by atoms with E-state index in [0.717, 1.165) is 0 Å². The van der Waals surface area contributed by atoms with Crippen LogP contribution >= 0.6 is 0 Å². The van der Waals surface area contributed by atoms with Crippen LogP contribution in [0.4, 0.5) is 0 Å². The monoisotopic (exact) mass is 85.1 g/mol. The predicted octanol–water partition coefficient (Wildman–Crippen LogP) is -0.259. The Hall–Kier alpha value is -0.970. The van der Waals surface area contributed by atoms with E-state index >= 15 is 0 Å². The van der Waals surface area contributed by atoms with E-state index in [1.807, 2.05) is 0 Å². The lowest BCUT2D eigenvalue weighted by molar-refractivity contribution is -0.112. The van der Waals surface area contributed by atoms with E-state index in [2.05, 4.69) is 17.6 Å². The molecule has 0 aromatic rings. The van der Waals surface area contributed by atoms with Gasteiger partial charge in [0.15, 0.2) is 0 Å². The Morgan fingerprint density at radius 2 is 2.50 bits per heavy atom. The van der Waals surface area contributed by atoms with Crippen molar-refractivity contribution in [1.82, 2.24) is 0 Å². The Balaban J connectivity index is 0. The minimum Gasteiger partial charge on any atom is -0.359 e. The molecule has 2 heteroatoms. The van der Waals surface area contributed by atoms with Crippen LogP contribution < -0.4 is 5.73 Å². The standard InChI is InChI=1S/C4H5NO.H2/c1-2-3-4(5)6;/h1H3,(H2,5,6);1H. The van der Waals surface area contributed by atoms with Gasteiger partial charge in [-0.05, 0) is 12.8 Å². The maximum atomic E-state index is 9.65. The van der Waals surface area contributed by atoms with Crippen molar-refractivity contribution < 1.29 is 6.22 Å². The van der Waals surface area contributed by atoms with Gasteiger partial charge < -0.3 is 5.73 Å². The SMILES string of the molecule is CC#CC(N)=O.[HH]. The number of nitrogens with two attached hydrogens (primary N) is 1. The van der Waals surface area contributed by atoms with Crippen LogP contribution in [0.25, 0.3) is 0 Å². The molecule has 0 unspecified atom stereocenters. The number of primary amides is 1. The summed E-state index contributed by atoms with van der Waals surface area (Å²) in [7, 11) is 0. The van der Waals surface area contributed by atoms with Crippen LogP contribution in [0.15, 0.2) is 0 Å². The first-order chi connectivity index (χ1) is 2.77. The molecular weight excluding hydrogens is 78.0 g/mol. The molecule has 0 bridgehead atoms. The van der Waals surface area contributed by atoms with Gasteiger partial charge in [-0.1, -0.05) is 5.92 Å². The van der Waals surface area contributed by atoms with Crippen LogP contribution in [0.3, 0.4) is 0 Å². The highest BCUT2D eigenvalue weighted by Gasteiger charge is 1.72. The van der Waals surface area contributed by atoms with Crippen LogP contribution in [0.1, 0.15) is 8.35 Å². The van der Waals surface area contributed by atoms with Crippen LogP contribution in [0.2, 0.25) is 0 Å². The van der Waals surface area contributed by atoms with Crippen molar-refractivity contribution >= 4 is 5.91 Å². The minimum absolute atomic E-state index is 0. The maximum absolute atomic E-state index is 9.65. The largest absolute Gasteiger partial charge is 0.359 e.